The number of ether oxygens (including phenoxy) is 1. The molecule has 0 aromatic carbocycles. The number of hydrazine groups is 1. The predicted molar refractivity (Wildman–Crippen MR) is 62.1 cm³/mol. The fourth-order valence-corrected chi connectivity index (χ4v) is 1.75. The van der Waals surface area contributed by atoms with Crippen LogP contribution in [0.3, 0.4) is 0 Å². The average molecular weight is 250 g/mol. The number of nitrogens with one attached hydrogen (secondary N) is 1. The molecule has 0 radical (unpaired) electrons. The molecule has 1 saturated heterocycles. The van der Waals surface area contributed by atoms with E-state index in [1.807, 2.05) is 0 Å². The van der Waals surface area contributed by atoms with E-state index < -0.39 is 5.91 Å². The Hall–Kier alpha value is -1.99. The van der Waals surface area contributed by atoms with Gasteiger partial charge in [0.05, 0.1) is 24.4 Å². The molecular formula is C11H14N4O3. The molecule has 0 spiro atoms. The molecule has 0 unspecified atom stereocenters. The van der Waals surface area contributed by atoms with Crippen LogP contribution in [0.1, 0.15) is 16.1 Å². The van der Waals surface area contributed by atoms with Gasteiger partial charge >= 0.3 is 0 Å². The number of nitrogens with two attached hydrogens (primary N) is 1. The van der Waals surface area contributed by atoms with Crippen molar-refractivity contribution in [2.75, 3.05) is 19.8 Å². The van der Waals surface area contributed by atoms with Gasteiger partial charge in [-0.05, 0) is 12.1 Å². The Balaban J connectivity index is 2.18. The third-order valence-electron chi connectivity index (χ3n) is 2.69. The molecule has 2 rings (SSSR count). The molecule has 3 N–H and O–H groups in total. The molecule has 18 heavy (non-hydrogen) atoms. The summed E-state index contributed by atoms with van der Waals surface area (Å²) in [6.45, 7) is 1.35. The molecule has 0 aliphatic carbocycles. The van der Waals surface area contributed by atoms with Crippen molar-refractivity contribution in [3.05, 3.63) is 29.6 Å². The molecule has 2 amide bonds. The zero-order chi connectivity index (χ0) is 13.0. The Kier molecular flexibility index (Phi) is 3.85. The highest BCUT2D eigenvalue weighted by molar-refractivity contribution is 5.94. The van der Waals surface area contributed by atoms with E-state index in [9.17, 15) is 9.59 Å². The van der Waals surface area contributed by atoms with Crippen molar-refractivity contribution >= 4 is 11.8 Å². The summed E-state index contributed by atoms with van der Waals surface area (Å²) in [7, 11) is 0. The van der Waals surface area contributed by atoms with Gasteiger partial charge in [0.1, 0.15) is 6.61 Å². The van der Waals surface area contributed by atoms with Crippen molar-refractivity contribution in [1.29, 1.82) is 0 Å². The fourth-order valence-electron chi connectivity index (χ4n) is 1.75. The maximum atomic E-state index is 11.6. The summed E-state index contributed by atoms with van der Waals surface area (Å²) < 4.78 is 5.04. The van der Waals surface area contributed by atoms with Crippen LogP contribution in [0.15, 0.2) is 18.3 Å². The molecule has 7 nitrogen and oxygen atoms in total. The smallest absolute Gasteiger partial charge is 0.267 e. The molecule has 1 aliphatic rings. The largest absolute Gasteiger partial charge is 0.370 e. The van der Waals surface area contributed by atoms with Gasteiger partial charge < -0.3 is 9.64 Å². The lowest BCUT2D eigenvalue weighted by atomic mass is 10.1. The summed E-state index contributed by atoms with van der Waals surface area (Å²) in [6, 6.07) is 3.27. The number of morpholine rings is 1. The predicted octanol–water partition coefficient (Wildman–Crippen LogP) is -0.956. The van der Waals surface area contributed by atoms with Crippen molar-refractivity contribution in [3.8, 4) is 0 Å². The molecule has 96 valence electrons. The second kappa shape index (κ2) is 5.56. The van der Waals surface area contributed by atoms with Crippen molar-refractivity contribution in [2.45, 2.75) is 6.54 Å². The topological polar surface area (TPSA) is 97.5 Å². The van der Waals surface area contributed by atoms with E-state index in [1.54, 1.807) is 23.2 Å². The first-order valence-corrected chi connectivity index (χ1v) is 5.52. The second-order valence-corrected chi connectivity index (χ2v) is 3.84. The summed E-state index contributed by atoms with van der Waals surface area (Å²) in [6.07, 6.45) is 1.58. The second-order valence-electron chi connectivity index (χ2n) is 3.84. The number of nitrogens with zero attached hydrogens (tertiary/aromatic N) is 2. The highest BCUT2D eigenvalue weighted by atomic mass is 16.5. The first-order chi connectivity index (χ1) is 8.72. The highest BCUT2D eigenvalue weighted by Crippen LogP contribution is 2.10. The van der Waals surface area contributed by atoms with Crippen LogP contribution in [0.5, 0.6) is 0 Å². The lowest BCUT2D eigenvalue weighted by Gasteiger charge is -2.26. The molecular weight excluding hydrogens is 236 g/mol. The van der Waals surface area contributed by atoms with Gasteiger partial charge in [-0.1, -0.05) is 0 Å². The molecule has 7 heteroatoms. The molecule has 0 atom stereocenters. The summed E-state index contributed by atoms with van der Waals surface area (Å²) in [5.41, 5.74) is 2.96. The van der Waals surface area contributed by atoms with E-state index >= 15 is 0 Å². The standard InChI is InChI=1S/C11H14N4O3/c12-14-11(17)8-2-1-3-13-9(8)6-15-4-5-18-7-10(15)16/h1-3H,4-7,12H2,(H,14,17). The highest BCUT2D eigenvalue weighted by Gasteiger charge is 2.21. The molecule has 1 aromatic heterocycles. The number of carbonyl (C=O) groups is 2. The third-order valence-corrected chi connectivity index (χ3v) is 2.69. The van der Waals surface area contributed by atoms with Crippen LogP contribution in [-0.2, 0) is 16.1 Å². The van der Waals surface area contributed by atoms with Gasteiger partial charge in [0, 0.05) is 12.7 Å². The van der Waals surface area contributed by atoms with Crippen LogP contribution in [0.25, 0.3) is 0 Å². The molecule has 0 bridgehead atoms. The van der Waals surface area contributed by atoms with Crippen LogP contribution in [0.2, 0.25) is 0 Å². The first kappa shape index (κ1) is 12.5. The molecule has 2 heterocycles. The maximum Gasteiger partial charge on any atom is 0.267 e. The van der Waals surface area contributed by atoms with E-state index in [1.165, 1.54) is 0 Å². The molecule has 1 fully saturated rings. The normalized spacial score (nSPS) is 15.6. The summed E-state index contributed by atoms with van der Waals surface area (Å²) in [5.74, 6) is 4.58. The number of pyridine rings is 1. The van der Waals surface area contributed by atoms with Gasteiger partial charge in [0.2, 0.25) is 5.91 Å². The molecule has 1 aliphatic heterocycles. The minimum absolute atomic E-state index is 0.0747. The van der Waals surface area contributed by atoms with Crippen LogP contribution >= 0.6 is 0 Å². The Morgan fingerprint density at radius 2 is 2.44 bits per heavy atom. The number of hydrogen-bond acceptors (Lipinski definition) is 5. The Labute approximate surface area is 104 Å². The van der Waals surface area contributed by atoms with Crippen molar-refractivity contribution in [2.24, 2.45) is 5.84 Å². The third kappa shape index (κ3) is 2.63. The lowest BCUT2D eigenvalue weighted by molar-refractivity contribution is -0.143. The number of amides is 2. The number of hydrogen-bond donors (Lipinski definition) is 2. The van der Waals surface area contributed by atoms with E-state index in [0.717, 1.165) is 0 Å². The summed E-state index contributed by atoms with van der Waals surface area (Å²) >= 11 is 0. The van der Waals surface area contributed by atoms with Gasteiger partial charge in [0.15, 0.2) is 0 Å². The summed E-state index contributed by atoms with van der Waals surface area (Å²) in [4.78, 5) is 28.9. The molecule has 1 aromatic rings. The van der Waals surface area contributed by atoms with Gasteiger partial charge in [-0.15, -0.1) is 0 Å². The van der Waals surface area contributed by atoms with Crippen molar-refractivity contribution in [3.63, 3.8) is 0 Å². The van der Waals surface area contributed by atoms with Crippen LogP contribution < -0.4 is 11.3 Å². The van der Waals surface area contributed by atoms with E-state index in [0.29, 0.717) is 24.4 Å². The van der Waals surface area contributed by atoms with Gasteiger partial charge in [-0.3, -0.25) is 20.0 Å². The summed E-state index contributed by atoms with van der Waals surface area (Å²) in [5, 5.41) is 0. The number of aromatic nitrogens is 1. The minimum atomic E-state index is -0.418. The first-order valence-electron chi connectivity index (χ1n) is 5.52. The fraction of sp³-hybridized carbons (Fsp3) is 0.364. The zero-order valence-corrected chi connectivity index (χ0v) is 9.76. The average Bonchev–Trinajstić information content (AvgIpc) is 2.41. The van der Waals surface area contributed by atoms with Crippen LogP contribution in [0, 0.1) is 0 Å². The lowest BCUT2D eigenvalue weighted by Crippen LogP contribution is -2.41. The van der Waals surface area contributed by atoms with Gasteiger partial charge in [-0.2, -0.15) is 0 Å². The van der Waals surface area contributed by atoms with Crippen molar-refractivity contribution < 1.29 is 14.3 Å². The van der Waals surface area contributed by atoms with Crippen LogP contribution in [0.4, 0.5) is 0 Å². The molecule has 0 saturated carbocycles. The number of rotatable bonds is 3. The maximum absolute atomic E-state index is 11.6. The van der Waals surface area contributed by atoms with E-state index in [-0.39, 0.29) is 19.1 Å². The van der Waals surface area contributed by atoms with Crippen LogP contribution in [-0.4, -0.2) is 41.5 Å². The monoisotopic (exact) mass is 250 g/mol. The quantitative estimate of drug-likeness (QED) is 0.409. The van der Waals surface area contributed by atoms with Crippen molar-refractivity contribution in [1.82, 2.24) is 15.3 Å². The van der Waals surface area contributed by atoms with Gasteiger partial charge in [0.25, 0.3) is 5.91 Å². The zero-order valence-electron chi connectivity index (χ0n) is 9.76. The van der Waals surface area contributed by atoms with Gasteiger partial charge in [-0.25, -0.2) is 5.84 Å². The Bertz CT molecular complexity index is 463. The van der Waals surface area contributed by atoms with E-state index in [2.05, 4.69) is 10.4 Å². The number of nitrogen functional groups attached to an aromatic ring is 1. The Morgan fingerprint density at radius 3 is 3.17 bits per heavy atom. The number of carbonyl (C=O) groups excluding carboxylic acids is 2. The minimum Gasteiger partial charge on any atom is -0.370 e. The SMILES string of the molecule is NNC(=O)c1cccnc1CN1CCOCC1=O. The van der Waals surface area contributed by atoms with E-state index in [4.69, 9.17) is 10.6 Å². The Morgan fingerprint density at radius 1 is 1.61 bits per heavy atom.